The second kappa shape index (κ2) is 10.6. The fourth-order valence-corrected chi connectivity index (χ4v) is 6.57. The minimum Gasteiger partial charge on any atom is -0.490 e. The number of pyridine rings is 1. The predicted molar refractivity (Wildman–Crippen MR) is 160 cm³/mol. The first kappa shape index (κ1) is 26.7. The molecule has 214 valence electrons. The Labute approximate surface area is 244 Å². The Bertz CT molecular complexity index is 1960. The molecule has 1 N–H and O–H groups in total. The van der Waals surface area contributed by atoms with Gasteiger partial charge in [0.1, 0.15) is 35.4 Å². The molecular weight excluding hydrogens is 558 g/mol. The lowest BCUT2D eigenvalue weighted by Gasteiger charge is -2.21. The molecule has 6 aromatic rings. The molecule has 11 heteroatoms. The highest BCUT2D eigenvalue weighted by atomic mass is 32.1. The number of halogens is 2. The number of nitrogens with one attached hydrogen (secondary N) is 1. The van der Waals surface area contributed by atoms with Gasteiger partial charge in [-0.25, -0.2) is 18.7 Å². The molecule has 0 aliphatic carbocycles. The first-order valence-corrected chi connectivity index (χ1v) is 14.6. The maximum atomic E-state index is 15.9. The summed E-state index contributed by atoms with van der Waals surface area (Å²) in [6, 6.07) is 12.2. The number of benzene rings is 2. The molecule has 5 heterocycles. The van der Waals surface area contributed by atoms with Gasteiger partial charge in [-0.1, -0.05) is 6.07 Å². The molecule has 42 heavy (non-hydrogen) atoms. The summed E-state index contributed by atoms with van der Waals surface area (Å²) >= 11 is 1.52. The van der Waals surface area contributed by atoms with Gasteiger partial charge in [-0.3, -0.25) is 4.68 Å². The fourth-order valence-electron chi connectivity index (χ4n) is 5.66. The second-order valence-electron chi connectivity index (χ2n) is 10.4. The molecule has 4 aromatic heterocycles. The van der Waals surface area contributed by atoms with Crippen molar-refractivity contribution < 1.29 is 18.3 Å². The van der Waals surface area contributed by atoms with Gasteiger partial charge in [0.25, 0.3) is 0 Å². The van der Waals surface area contributed by atoms with E-state index in [2.05, 4.69) is 17.2 Å². The van der Waals surface area contributed by atoms with Gasteiger partial charge < -0.3 is 19.4 Å². The Morgan fingerprint density at radius 3 is 2.79 bits per heavy atom. The minimum absolute atomic E-state index is 0.0850. The molecule has 0 bridgehead atoms. The smallest absolute Gasteiger partial charge is 0.137 e. The van der Waals surface area contributed by atoms with E-state index in [4.69, 9.17) is 19.6 Å². The summed E-state index contributed by atoms with van der Waals surface area (Å²) in [5, 5.41) is 11.1. The summed E-state index contributed by atoms with van der Waals surface area (Å²) in [6.45, 7) is 3.98. The monoisotopic (exact) mass is 586 g/mol. The third-order valence-electron chi connectivity index (χ3n) is 7.69. The van der Waals surface area contributed by atoms with Crippen molar-refractivity contribution in [2.24, 2.45) is 7.05 Å². The summed E-state index contributed by atoms with van der Waals surface area (Å²) in [4.78, 5) is 9.75. The third-order valence-corrected chi connectivity index (χ3v) is 8.62. The zero-order chi connectivity index (χ0) is 29.0. The maximum Gasteiger partial charge on any atom is 0.137 e. The lowest BCUT2D eigenvalue weighted by atomic mass is 9.95. The van der Waals surface area contributed by atoms with Crippen LogP contribution in [-0.4, -0.2) is 51.2 Å². The molecule has 1 atom stereocenters. The number of imidazole rings is 1. The summed E-state index contributed by atoms with van der Waals surface area (Å²) in [6.07, 6.45) is 1.78. The molecule has 0 amide bonds. The number of aromatic nitrogens is 5. The molecule has 8 nitrogen and oxygen atoms in total. The van der Waals surface area contributed by atoms with Gasteiger partial charge in [-0.05, 0) is 36.6 Å². The first-order valence-electron chi connectivity index (χ1n) is 13.7. The second-order valence-corrected chi connectivity index (χ2v) is 11.3. The maximum absolute atomic E-state index is 15.9. The van der Waals surface area contributed by atoms with E-state index in [9.17, 15) is 4.39 Å². The van der Waals surface area contributed by atoms with E-state index in [0.29, 0.717) is 23.5 Å². The fraction of sp³-hybridized carbons (Fsp3) is 0.258. The Morgan fingerprint density at radius 1 is 1.07 bits per heavy atom. The van der Waals surface area contributed by atoms with E-state index in [1.807, 2.05) is 52.0 Å². The van der Waals surface area contributed by atoms with Crippen molar-refractivity contribution in [2.45, 2.75) is 19.5 Å². The molecular formula is C31H28F2N6O2S. The van der Waals surface area contributed by atoms with Gasteiger partial charge >= 0.3 is 0 Å². The van der Waals surface area contributed by atoms with Crippen LogP contribution < -0.4 is 10.1 Å². The number of hydrogen-bond acceptors (Lipinski definition) is 7. The highest BCUT2D eigenvalue weighted by molar-refractivity contribution is 7.17. The number of thiophene rings is 1. The van der Waals surface area contributed by atoms with Crippen LogP contribution in [0.1, 0.15) is 18.7 Å². The lowest BCUT2D eigenvalue weighted by Crippen LogP contribution is -2.31. The van der Waals surface area contributed by atoms with Crippen LogP contribution in [0.25, 0.3) is 54.9 Å². The Kier molecular flexibility index (Phi) is 6.72. The van der Waals surface area contributed by atoms with E-state index in [1.54, 1.807) is 13.4 Å². The molecule has 1 unspecified atom stereocenters. The third kappa shape index (κ3) is 4.44. The number of fused-ring (bicyclic) bond motifs is 3. The van der Waals surface area contributed by atoms with E-state index in [-0.39, 0.29) is 30.6 Å². The van der Waals surface area contributed by atoms with E-state index >= 15 is 4.39 Å². The van der Waals surface area contributed by atoms with Crippen LogP contribution in [0.4, 0.5) is 8.78 Å². The molecule has 2 aromatic carbocycles. The molecule has 0 radical (unpaired) electrons. The standard InChI is InChI=1S/C31H28F2N6O2S/c1-17-25-15-23(37-39(25)8-7-34-17)30-27(28-21(33)13-19(32)14-26(28)41-10-9-40-3)20-6-11-42-31(20)29(36-30)18-4-5-24-22(12-18)35-16-38(24)2/h4-6,11-17,34H,7-10H2,1-3H3. The quantitative estimate of drug-likeness (QED) is 0.220. The van der Waals surface area contributed by atoms with Crippen molar-refractivity contribution in [3.05, 3.63) is 71.5 Å². The highest BCUT2D eigenvalue weighted by Gasteiger charge is 2.28. The molecule has 7 rings (SSSR count). The van der Waals surface area contributed by atoms with Crippen molar-refractivity contribution in [1.82, 2.24) is 29.6 Å². The lowest BCUT2D eigenvalue weighted by molar-refractivity contribution is 0.146. The largest absolute Gasteiger partial charge is 0.490 e. The Balaban J connectivity index is 1.53. The number of ether oxygens (including phenoxy) is 2. The van der Waals surface area contributed by atoms with Gasteiger partial charge in [-0.15, -0.1) is 11.3 Å². The zero-order valence-corrected chi connectivity index (χ0v) is 24.1. The van der Waals surface area contributed by atoms with Crippen LogP contribution in [-0.2, 0) is 18.3 Å². The van der Waals surface area contributed by atoms with Crippen LogP contribution in [0.15, 0.2) is 54.2 Å². The summed E-state index contributed by atoms with van der Waals surface area (Å²) in [5.74, 6) is -1.38. The molecule has 0 saturated carbocycles. The van der Waals surface area contributed by atoms with Gasteiger partial charge in [0, 0.05) is 55.4 Å². The van der Waals surface area contributed by atoms with Crippen molar-refractivity contribution >= 4 is 32.5 Å². The Morgan fingerprint density at radius 2 is 1.95 bits per heavy atom. The van der Waals surface area contributed by atoms with Gasteiger partial charge in [-0.2, -0.15) is 5.10 Å². The van der Waals surface area contributed by atoms with Gasteiger partial charge in [0.05, 0.1) is 52.2 Å². The highest BCUT2D eigenvalue weighted by Crippen LogP contribution is 2.47. The van der Waals surface area contributed by atoms with E-state index in [0.717, 1.165) is 50.7 Å². The molecule has 0 saturated heterocycles. The van der Waals surface area contributed by atoms with Crippen LogP contribution >= 0.6 is 11.3 Å². The van der Waals surface area contributed by atoms with Crippen molar-refractivity contribution in [3.63, 3.8) is 0 Å². The van der Waals surface area contributed by atoms with Gasteiger partial charge in [0.2, 0.25) is 0 Å². The normalized spacial score (nSPS) is 15.0. The van der Waals surface area contributed by atoms with Crippen LogP contribution in [0, 0.1) is 11.6 Å². The molecule has 0 spiro atoms. The summed E-state index contributed by atoms with van der Waals surface area (Å²) < 4.78 is 46.3. The zero-order valence-electron chi connectivity index (χ0n) is 23.3. The van der Waals surface area contributed by atoms with Crippen molar-refractivity contribution in [1.29, 1.82) is 0 Å². The topological polar surface area (TPSA) is 79.0 Å². The SMILES string of the molecule is COCCOc1cc(F)cc(F)c1-c1c(-c2cc3n(n2)CCNC3C)nc(-c2ccc3c(c2)ncn3C)c2sccc12. The van der Waals surface area contributed by atoms with Crippen LogP contribution in [0.2, 0.25) is 0 Å². The predicted octanol–water partition coefficient (Wildman–Crippen LogP) is 6.35. The number of methoxy groups -OCH3 is 1. The average molecular weight is 587 g/mol. The molecule has 1 aliphatic rings. The minimum atomic E-state index is -0.736. The first-order chi connectivity index (χ1) is 20.4. The van der Waals surface area contributed by atoms with Gasteiger partial charge in [0.15, 0.2) is 0 Å². The van der Waals surface area contributed by atoms with Crippen LogP contribution in [0.5, 0.6) is 5.75 Å². The van der Waals surface area contributed by atoms with E-state index in [1.165, 1.54) is 17.4 Å². The summed E-state index contributed by atoms with van der Waals surface area (Å²) in [7, 11) is 3.50. The van der Waals surface area contributed by atoms with Crippen LogP contribution in [0.3, 0.4) is 0 Å². The Hall–Kier alpha value is -4.19. The van der Waals surface area contributed by atoms with E-state index < -0.39 is 11.6 Å². The molecule has 0 fully saturated rings. The average Bonchev–Trinajstić information content (AvgIpc) is 3.72. The number of nitrogens with zero attached hydrogens (tertiary/aromatic N) is 5. The number of rotatable bonds is 7. The van der Waals surface area contributed by atoms with Crippen molar-refractivity contribution in [2.75, 3.05) is 26.9 Å². The number of aryl methyl sites for hydroxylation is 1. The summed E-state index contributed by atoms with van der Waals surface area (Å²) in [5.41, 5.74) is 6.25. The molecule has 1 aliphatic heterocycles. The van der Waals surface area contributed by atoms with Crippen molar-refractivity contribution in [3.8, 4) is 39.5 Å². The number of hydrogen-bond donors (Lipinski definition) is 1.